The standard InChI is InChI=1S/C24H24N4O2S3/c1-16-5-9-18(10-6-16)22(20-4-3-13-31-20)26-21(29)15-32-24-28-27-23(33-24)25-14-17-7-11-19(30-2)12-8-17/h3-13,22H,14-15H2,1-2H3,(H,25,27)(H,26,29). The number of rotatable bonds is 10. The quantitative estimate of drug-likeness (QED) is 0.281. The summed E-state index contributed by atoms with van der Waals surface area (Å²) >= 11 is 4.47. The molecule has 0 aliphatic rings. The Morgan fingerprint density at radius 2 is 1.88 bits per heavy atom. The van der Waals surface area contributed by atoms with E-state index >= 15 is 0 Å². The minimum atomic E-state index is -0.158. The number of hydrogen-bond acceptors (Lipinski definition) is 8. The predicted molar refractivity (Wildman–Crippen MR) is 136 cm³/mol. The number of ether oxygens (including phenoxy) is 1. The third-order valence-corrected chi connectivity index (χ3v) is 7.83. The molecule has 33 heavy (non-hydrogen) atoms. The van der Waals surface area contributed by atoms with Crippen molar-refractivity contribution in [1.29, 1.82) is 0 Å². The second-order valence-corrected chi connectivity index (χ2v) is 10.5. The van der Waals surface area contributed by atoms with E-state index < -0.39 is 0 Å². The number of anilines is 1. The zero-order valence-electron chi connectivity index (χ0n) is 18.3. The van der Waals surface area contributed by atoms with Gasteiger partial charge in [-0.3, -0.25) is 4.79 Å². The van der Waals surface area contributed by atoms with E-state index in [0.29, 0.717) is 6.54 Å². The second kappa shape index (κ2) is 11.3. The number of thioether (sulfide) groups is 1. The number of hydrogen-bond donors (Lipinski definition) is 2. The van der Waals surface area contributed by atoms with Gasteiger partial charge in [-0.2, -0.15) is 0 Å². The molecule has 0 aliphatic carbocycles. The summed E-state index contributed by atoms with van der Waals surface area (Å²) in [4.78, 5) is 13.8. The van der Waals surface area contributed by atoms with E-state index in [1.54, 1.807) is 18.4 Å². The van der Waals surface area contributed by atoms with Crippen molar-refractivity contribution in [2.75, 3.05) is 18.2 Å². The molecule has 2 aromatic heterocycles. The third kappa shape index (κ3) is 6.56. The van der Waals surface area contributed by atoms with Gasteiger partial charge in [0.1, 0.15) is 5.75 Å². The zero-order valence-corrected chi connectivity index (χ0v) is 20.7. The molecule has 2 N–H and O–H groups in total. The van der Waals surface area contributed by atoms with Crippen molar-refractivity contribution in [2.24, 2.45) is 0 Å². The molecule has 0 aliphatic heterocycles. The average Bonchev–Trinajstić information content (AvgIpc) is 3.53. The van der Waals surface area contributed by atoms with Gasteiger partial charge in [-0.1, -0.05) is 71.1 Å². The summed E-state index contributed by atoms with van der Waals surface area (Å²) in [6.45, 7) is 2.70. The van der Waals surface area contributed by atoms with Crippen LogP contribution in [0.4, 0.5) is 5.13 Å². The molecule has 0 saturated heterocycles. The monoisotopic (exact) mass is 496 g/mol. The molecule has 0 saturated carbocycles. The molecule has 4 aromatic rings. The fourth-order valence-electron chi connectivity index (χ4n) is 3.12. The SMILES string of the molecule is COc1ccc(CNc2nnc(SCC(=O)NC(c3ccc(C)cc3)c3cccs3)s2)cc1. The van der Waals surface area contributed by atoms with Crippen LogP contribution in [0.1, 0.15) is 27.6 Å². The number of thiophene rings is 1. The highest BCUT2D eigenvalue weighted by Crippen LogP contribution is 2.28. The molecule has 4 rings (SSSR count). The molecule has 1 atom stereocenters. The van der Waals surface area contributed by atoms with Crippen molar-refractivity contribution >= 4 is 45.5 Å². The van der Waals surface area contributed by atoms with E-state index in [4.69, 9.17) is 4.74 Å². The van der Waals surface area contributed by atoms with Crippen molar-refractivity contribution in [1.82, 2.24) is 15.5 Å². The summed E-state index contributed by atoms with van der Waals surface area (Å²) in [6, 6.07) is 20.0. The van der Waals surface area contributed by atoms with Crippen LogP contribution in [0.25, 0.3) is 0 Å². The lowest BCUT2D eigenvalue weighted by molar-refractivity contribution is -0.119. The fourth-order valence-corrected chi connectivity index (χ4v) is 5.48. The number of methoxy groups -OCH3 is 1. The number of nitrogens with zero attached hydrogens (tertiary/aromatic N) is 2. The molecule has 0 fully saturated rings. The predicted octanol–water partition coefficient (Wildman–Crippen LogP) is 5.53. The van der Waals surface area contributed by atoms with Gasteiger partial charge in [-0.25, -0.2) is 0 Å². The van der Waals surface area contributed by atoms with Crippen molar-refractivity contribution in [3.05, 3.63) is 87.6 Å². The average molecular weight is 497 g/mol. The maximum absolute atomic E-state index is 12.7. The van der Waals surface area contributed by atoms with Crippen LogP contribution in [0, 0.1) is 6.92 Å². The van der Waals surface area contributed by atoms with Crippen molar-refractivity contribution in [3.8, 4) is 5.75 Å². The first-order chi connectivity index (χ1) is 16.1. The summed E-state index contributed by atoms with van der Waals surface area (Å²) in [5, 5.41) is 17.6. The Balaban J connectivity index is 1.30. The number of carbonyl (C=O) groups excluding carboxylic acids is 1. The van der Waals surface area contributed by atoms with Crippen LogP contribution < -0.4 is 15.4 Å². The van der Waals surface area contributed by atoms with Gasteiger partial charge in [-0.15, -0.1) is 21.5 Å². The Bertz CT molecular complexity index is 1160. The molecule has 2 heterocycles. The van der Waals surface area contributed by atoms with Gasteiger partial charge in [-0.05, 0) is 41.6 Å². The molecule has 170 valence electrons. The Morgan fingerprint density at radius 3 is 2.58 bits per heavy atom. The molecule has 6 nitrogen and oxygen atoms in total. The number of aromatic nitrogens is 2. The van der Waals surface area contributed by atoms with Crippen LogP contribution in [-0.2, 0) is 11.3 Å². The Kier molecular flexibility index (Phi) is 7.98. The number of aryl methyl sites for hydroxylation is 1. The van der Waals surface area contributed by atoms with E-state index in [-0.39, 0.29) is 17.7 Å². The first-order valence-electron chi connectivity index (χ1n) is 10.3. The summed E-state index contributed by atoms with van der Waals surface area (Å²) < 4.78 is 5.94. The van der Waals surface area contributed by atoms with Crippen LogP contribution in [0.3, 0.4) is 0 Å². The molecule has 9 heteroatoms. The van der Waals surface area contributed by atoms with Crippen LogP contribution in [0.2, 0.25) is 0 Å². The molecular formula is C24H24N4O2S3. The largest absolute Gasteiger partial charge is 0.497 e. The van der Waals surface area contributed by atoms with Gasteiger partial charge in [0.05, 0.1) is 18.9 Å². The molecule has 2 aromatic carbocycles. The minimum Gasteiger partial charge on any atom is -0.497 e. The van der Waals surface area contributed by atoms with Gasteiger partial charge < -0.3 is 15.4 Å². The van der Waals surface area contributed by atoms with E-state index in [9.17, 15) is 4.79 Å². The molecule has 1 amide bonds. The number of benzene rings is 2. The summed E-state index contributed by atoms with van der Waals surface area (Å²) in [5.41, 5.74) is 3.39. The smallest absolute Gasteiger partial charge is 0.231 e. The number of amides is 1. The van der Waals surface area contributed by atoms with Crippen LogP contribution in [0.5, 0.6) is 5.75 Å². The fraction of sp³-hybridized carbons (Fsp3) is 0.208. The van der Waals surface area contributed by atoms with Crippen LogP contribution in [0.15, 0.2) is 70.4 Å². The highest BCUT2D eigenvalue weighted by Gasteiger charge is 2.18. The number of carbonyl (C=O) groups is 1. The van der Waals surface area contributed by atoms with Gasteiger partial charge >= 0.3 is 0 Å². The maximum atomic E-state index is 12.7. The molecular weight excluding hydrogens is 472 g/mol. The van der Waals surface area contributed by atoms with E-state index in [0.717, 1.165) is 31.2 Å². The van der Waals surface area contributed by atoms with E-state index in [1.807, 2.05) is 41.8 Å². The second-order valence-electron chi connectivity index (χ2n) is 7.29. The summed E-state index contributed by atoms with van der Waals surface area (Å²) in [7, 11) is 1.65. The third-order valence-electron chi connectivity index (χ3n) is 4.88. The van der Waals surface area contributed by atoms with Crippen molar-refractivity contribution < 1.29 is 9.53 Å². The van der Waals surface area contributed by atoms with Gasteiger partial charge in [0, 0.05) is 11.4 Å². The first kappa shape index (κ1) is 23.3. The maximum Gasteiger partial charge on any atom is 0.231 e. The van der Waals surface area contributed by atoms with Gasteiger partial charge in [0.15, 0.2) is 4.34 Å². The Morgan fingerprint density at radius 1 is 1.09 bits per heavy atom. The first-order valence-corrected chi connectivity index (χ1v) is 13.0. The Labute approximate surface area is 205 Å². The minimum absolute atomic E-state index is 0.0399. The van der Waals surface area contributed by atoms with E-state index in [1.165, 1.54) is 28.7 Å². The lowest BCUT2D eigenvalue weighted by Crippen LogP contribution is -2.30. The van der Waals surface area contributed by atoms with Gasteiger partial charge in [0.25, 0.3) is 0 Å². The van der Waals surface area contributed by atoms with Crippen LogP contribution in [-0.4, -0.2) is 29.0 Å². The van der Waals surface area contributed by atoms with Crippen molar-refractivity contribution in [3.63, 3.8) is 0 Å². The van der Waals surface area contributed by atoms with E-state index in [2.05, 4.69) is 52.0 Å². The highest BCUT2D eigenvalue weighted by atomic mass is 32.2. The van der Waals surface area contributed by atoms with Crippen molar-refractivity contribution in [2.45, 2.75) is 23.8 Å². The molecule has 1 unspecified atom stereocenters. The summed E-state index contributed by atoms with van der Waals surface area (Å²) in [6.07, 6.45) is 0. The number of nitrogens with one attached hydrogen (secondary N) is 2. The molecule has 0 radical (unpaired) electrons. The summed E-state index contributed by atoms with van der Waals surface area (Å²) in [5.74, 6) is 1.07. The zero-order chi connectivity index (χ0) is 23.0. The normalized spacial score (nSPS) is 11.7. The topological polar surface area (TPSA) is 76.1 Å². The molecule has 0 bridgehead atoms. The molecule has 0 spiro atoms. The van der Waals surface area contributed by atoms with Gasteiger partial charge in [0.2, 0.25) is 11.0 Å². The Hall–Kier alpha value is -2.88. The lowest BCUT2D eigenvalue weighted by Gasteiger charge is -2.18. The van der Waals surface area contributed by atoms with Crippen LogP contribution >= 0.6 is 34.4 Å². The highest BCUT2D eigenvalue weighted by molar-refractivity contribution is 8.01. The lowest BCUT2D eigenvalue weighted by atomic mass is 10.0.